The molecule has 6 nitrogen and oxygen atoms in total. The number of nitrogens with one attached hydrogen (secondary N) is 1. The Morgan fingerprint density at radius 1 is 1.22 bits per heavy atom. The largest absolute Gasteiger partial charge is 0.378 e. The maximum absolute atomic E-state index is 12.8. The Kier molecular flexibility index (Phi) is 5.25. The Balaban J connectivity index is 1.57. The van der Waals surface area contributed by atoms with Crippen LogP contribution >= 0.6 is 0 Å². The number of pyridine rings is 1. The number of aromatic nitrogens is 3. The maximum Gasteiger partial charge on any atom is 0.255 e. The number of carbonyl (C=O) groups excluding carboxylic acids is 1. The van der Waals surface area contributed by atoms with Crippen molar-refractivity contribution in [1.82, 2.24) is 20.1 Å². The molecule has 1 amide bonds. The predicted octanol–water partition coefficient (Wildman–Crippen LogP) is 3.23. The van der Waals surface area contributed by atoms with Crippen LogP contribution in [0.5, 0.6) is 0 Å². The lowest BCUT2D eigenvalue weighted by Gasteiger charge is -2.10. The zero-order chi connectivity index (χ0) is 18.5. The number of rotatable bonds is 6. The zero-order valence-corrected chi connectivity index (χ0v) is 15.0. The monoisotopic (exact) mass is 362 g/mol. The van der Waals surface area contributed by atoms with Crippen molar-refractivity contribution in [2.75, 3.05) is 13.2 Å². The number of ether oxygens (including phenoxy) is 1. The summed E-state index contributed by atoms with van der Waals surface area (Å²) < 4.78 is 7.35. The summed E-state index contributed by atoms with van der Waals surface area (Å²) >= 11 is 0. The lowest BCUT2D eigenvalue weighted by atomic mass is 10.1. The quantitative estimate of drug-likeness (QED) is 0.731. The fraction of sp³-hybridized carbons (Fsp3) is 0.286. The summed E-state index contributed by atoms with van der Waals surface area (Å²) in [4.78, 5) is 17.0. The number of hydrogen-bond acceptors (Lipinski definition) is 4. The number of hydrogen-bond donors (Lipinski definition) is 1. The van der Waals surface area contributed by atoms with E-state index < -0.39 is 0 Å². The van der Waals surface area contributed by atoms with Gasteiger partial charge in [-0.25, -0.2) is 4.68 Å². The van der Waals surface area contributed by atoms with Crippen LogP contribution in [0.1, 0.15) is 29.6 Å². The number of carbonyl (C=O) groups is 1. The van der Waals surface area contributed by atoms with Gasteiger partial charge in [0.1, 0.15) is 5.69 Å². The summed E-state index contributed by atoms with van der Waals surface area (Å²) in [6.45, 7) is 1.42. The van der Waals surface area contributed by atoms with Crippen molar-refractivity contribution in [3.8, 4) is 16.9 Å². The third kappa shape index (κ3) is 4.06. The molecular formula is C21H22N4O2. The average molecular weight is 362 g/mol. The number of para-hydroxylation sites is 1. The van der Waals surface area contributed by atoms with Crippen molar-refractivity contribution >= 4 is 5.91 Å². The van der Waals surface area contributed by atoms with Gasteiger partial charge in [-0.1, -0.05) is 18.2 Å². The summed E-state index contributed by atoms with van der Waals surface area (Å²) in [6, 6.07) is 13.5. The van der Waals surface area contributed by atoms with E-state index in [0.29, 0.717) is 17.8 Å². The number of benzene rings is 1. The van der Waals surface area contributed by atoms with E-state index in [-0.39, 0.29) is 12.0 Å². The van der Waals surface area contributed by atoms with Crippen LogP contribution < -0.4 is 5.32 Å². The van der Waals surface area contributed by atoms with E-state index in [1.165, 1.54) is 0 Å². The molecule has 1 saturated heterocycles. The highest BCUT2D eigenvalue weighted by molar-refractivity contribution is 5.99. The molecule has 0 spiro atoms. The molecular weight excluding hydrogens is 340 g/mol. The van der Waals surface area contributed by atoms with E-state index in [9.17, 15) is 4.79 Å². The lowest BCUT2D eigenvalue weighted by Crippen LogP contribution is -2.27. The van der Waals surface area contributed by atoms with E-state index in [4.69, 9.17) is 4.74 Å². The second kappa shape index (κ2) is 8.14. The van der Waals surface area contributed by atoms with Crippen LogP contribution in [0.2, 0.25) is 0 Å². The third-order valence-corrected chi connectivity index (χ3v) is 4.69. The van der Waals surface area contributed by atoms with Crippen LogP contribution in [-0.4, -0.2) is 39.9 Å². The molecule has 1 N–H and O–H groups in total. The van der Waals surface area contributed by atoms with E-state index in [1.54, 1.807) is 23.3 Å². The van der Waals surface area contributed by atoms with Gasteiger partial charge in [0.15, 0.2) is 0 Å². The first-order valence-corrected chi connectivity index (χ1v) is 9.26. The zero-order valence-electron chi connectivity index (χ0n) is 15.0. The first-order valence-electron chi connectivity index (χ1n) is 9.26. The predicted molar refractivity (Wildman–Crippen MR) is 103 cm³/mol. The molecule has 3 heterocycles. The molecule has 27 heavy (non-hydrogen) atoms. The van der Waals surface area contributed by atoms with Crippen molar-refractivity contribution < 1.29 is 9.53 Å². The molecule has 3 aromatic rings. The van der Waals surface area contributed by atoms with Crippen LogP contribution in [-0.2, 0) is 4.74 Å². The highest BCUT2D eigenvalue weighted by Crippen LogP contribution is 2.23. The van der Waals surface area contributed by atoms with Crippen LogP contribution in [0.3, 0.4) is 0 Å². The topological polar surface area (TPSA) is 69.0 Å². The average Bonchev–Trinajstić information content (AvgIpc) is 3.39. The smallest absolute Gasteiger partial charge is 0.255 e. The van der Waals surface area contributed by atoms with Crippen molar-refractivity contribution in [1.29, 1.82) is 0 Å². The summed E-state index contributed by atoms with van der Waals surface area (Å²) in [5.41, 5.74) is 2.89. The van der Waals surface area contributed by atoms with Gasteiger partial charge in [-0.2, -0.15) is 5.10 Å². The fourth-order valence-electron chi connectivity index (χ4n) is 3.28. The van der Waals surface area contributed by atoms with Crippen LogP contribution in [0.15, 0.2) is 61.1 Å². The number of amides is 1. The second-order valence-corrected chi connectivity index (χ2v) is 6.59. The van der Waals surface area contributed by atoms with E-state index in [2.05, 4.69) is 15.4 Å². The minimum absolute atomic E-state index is 0.131. The van der Waals surface area contributed by atoms with Gasteiger partial charge >= 0.3 is 0 Å². The standard InChI is InChI=1S/C21H22N4O2/c26-21(23-12-10-18-9-5-13-27-18)19-15-25(17-7-2-1-3-8-17)24-20(19)16-6-4-11-22-14-16/h1-4,6-8,11,14-15,18H,5,9-10,12-13H2,(H,23,26). The lowest BCUT2D eigenvalue weighted by molar-refractivity contribution is 0.0907. The first-order chi connectivity index (χ1) is 13.3. The van der Waals surface area contributed by atoms with Crippen LogP contribution in [0.25, 0.3) is 16.9 Å². The molecule has 4 rings (SSSR count). The van der Waals surface area contributed by atoms with Gasteiger partial charge in [-0.3, -0.25) is 9.78 Å². The fourth-order valence-corrected chi connectivity index (χ4v) is 3.28. The van der Waals surface area contributed by atoms with Gasteiger partial charge < -0.3 is 10.1 Å². The van der Waals surface area contributed by atoms with Crippen molar-refractivity contribution in [2.45, 2.75) is 25.4 Å². The molecule has 1 aliphatic rings. The molecule has 0 radical (unpaired) electrons. The van der Waals surface area contributed by atoms with Gasteiger partial charge in [0.05, 0.1) is 17.4 Å². The highest BCUT2D eigenvalue weighted by Gasteiger charge is 2.20. The summed E-state index contributed by atoms with van der Waals surface area (Å²) in [5.74, 6) is -0.131. The van der Waals surface area contributed by atoms with E-state index >= 15 is 0 Å². The molecule has 1 atom stereocenters. The van der Waals surface area contributed by atoms with E-state index in [1.807, 2.05) is 42.5 Å². The molecule has 0 aliphatic carbocycles. The van der Waals surface area contributed by atoms with E-state index in [0.717, 1.165) is 37.1 Å². The highest BCUT2D eigenvalue weighted by atomic mass is 16.5. The summed E-state index contributed by atoms with van der Waals surface area (Å²) in [5, 5.41) is 7.66. The number of nitrogens with zero attached hydrogens (tertiary/aromatic N) is 3. The Hall–Kier alpha value is -2.99. The van der Waals surface area contributed by atoms with Gasteiger partial charge in [-0.15, -0.1) is 0 Å². The van der Waals surface area contributed by atoms with Gasteiger partial charge in [0.2, 0.25) is 0 Å². The molecule has 138 valence electrons. The normalized spacial score (nSPS) is 16.4. The van der Waals surface area contributed by atoms with Crippen molar-refractivity contribution in [3.05, 3.63) is 66.6 Å². The summed E-state index contributed by atoms with van der Waals surface area (Å²) in [6.07, 6.45) is 8.48. The Labute approximate surface area is 158 Å². The molecule has 0 saturated carbocycles. The Morgan fingerprint density at radius 2 is 2.11 bits per heavy atom. The maximum atomic E-state index is 12.8. The SMILES string of the molecule is O=C(NCCC1CCCO1)c1cn(-c2ccccc2)nc1-c1cccnc1. The first kappa shape index (κ1) is 17.4. The van der Waals surface area contributed by atoms with Gasteiger partial charge in [-0.05, 0) is 43.5 Å². The molecule has 1 aromatic carbocycles. The molecule has 1 unspecified atom stereocenters. The second-order valence-electron chi connectivity index (χ2n) is 6.59. The molecule has 0 bridgehead atoms. The van der Waals surface area contributed by atoms with Crippen LogP contribution in [0, 0.1) is 0 Å². The van der Waals surface area contributed by atoms with Gasteiger partial charge in [0, 0.05) is 37.3 Å². The third-order valence-electron chi connectivity index (χ3n) is 4.69. The van der Waals surface area contributed by atoms with Crippen molar-refractivity contribution in [2.24, 2.45) is 0 Å². The van der Waals surface area contributed by atoms with Crippen molar-refractivity contribution in [3.63, 3.8) is 0 Å². The molecule has 1 fully saturated rings. The molecule has 6 heteroatoms. The minimum Gasteiger partial charge on any atom is -0.378 e. The van der Waals surface area contributed by atoms with Gasteiger partial charge in [0.25, 0.3) is 5.91 Å². The Morgan fingerprint density at radius 3 is 2.85 bits per heavy atom. The molecule has 2 aromatic heterocycles. The summed E-state index contributed by atoms with van der Waals surface area (Å²) in [7, 11) is 0. The van der Waals surface area contributed by atoms with Crippen LogP contribution in [0.4, 0.5) is 0 Å². The molecule has 1 aliphatic heterocycles. The Bertz CT molecular complexity index is 887. The minimum atomic E-state index is -0.131.